The van der Waals surface area contributed by atoms with Crippen LogP contribution in [0.2, 0.25) is 0 Å². The molecule has 0 aliphatic carbocycles. The smallest absolute Gasteiger partial charge is 0.153 e. The van der Waals surface area contributed by atoms with E-state index >= 15 is 0 Å². The molecule has 0 spiro atoms. The molecule has 1 aromatic rings. The molecule has 4 nitrogen and oxygen atoms in total. The van der Waals surface area contributed by atoms with Crippen molar-refractivity contribution in [3.63, 3.8) is 0 Å². The average molecular weight is 256 g/mol. The van der Waals surface area contributed by atoms with Crippen molar-refractivity contribution >= 4 is 9.84 Å². The van der Waals surface area contributed by atoms with Gasteiger partial charge in [-0.2, -0.15) is 0 Å². The minimum absolute atomic E-state index is 0.0523. The molecule has 5 heteroatoms. The van der Waals surface area contributed by atoms with Gasteiger partial charge in [-0.1, -0.05) is 12.1 Å². The minimum atomic E-state index is -3.10. The van der Waals surface area contributed by atoms with Crippen molar-refractivity contribution < 1.29 is 18.3 Å². The molecule has 1 heterocycles. The second-order valence-corrected chi connectivity index (χ2v) is 6.52. The third-order valence-electron chi connectivity index (χ3n) is 2.99. The molecule has 1 fully saturated rings. The molecule has 0 saturated carbocycles. The van der Waals surface area contributed by atoms with Gasteiger partial charge in [0.2, 0.25) is 0 Å². The van der Waals surface area contributed by atoms with Crippen molar-refractivity contribution in [2.24, 2.45) is 0 Å². The largest absolute Gasteiger partial charge is 0.494 e. The van der Waals surface area contributed by atoms with Crippen molar-refractivity contribution in [2.45, 2.75) is 18.9 Å². The summed E-state index contributed by atoms with van der Waals surface area (Å²) in [5.74, 6) is 0.589. The zero-order valence-corrected chi connectivity index (χ0v) is 10.5. The summed E-state index contributed by atoms with van der Waals surface area (Å²) in [6.07, 6.45) is 0.267. The minimum Gasteiger partial charge on any atom is -0.494 e. The van der Waals surface area contributed by atoms with Crippen molar-refractivity contribution in [1.29, 1.82) is 0 Å². The lowest BCUT2D eigenvalue weighted by molar-refractivity contribution is 0.0652. The highest BCUT2D eigenvalue weighted by atomic mass is 32.2. The van der Waals surface area contributed by atoms with E-state index in [1.807, 2.05) is 6.92 Å². The fraction of sp³-hybridized carbons (Fsp3) is 0.500. The van der Waals surface area contributed by atoms with Crippen LogP contribution in [-0.2, 0) is 15.4 Å². The molecule has 1 unspecified atom stereocenters. The zero-order chi connectivity index (χ0) is 12.5. The van der Waals surface area contributed by atoms with Crippen molar-refractivity contribution in [3.05, 3.63) is 29.8 Å². The number of hydrogen-bond donors (Lipinski definition) is 1. The third kappa shape index (κ3) is 2.61. The van der Waals surface area contributed by atoms with Crippen molar-refractivity contribution in [1.82, 2.24) is 0 Å². The predicted octanol–water partition coefficient (Wildman–Crippen LogP) is 1.09. The van der Waals surface area contributed by atoms with Crippen LogP contribution in [-0.4, -0.2) is 31.6 Å². The van der Waals surface area contributed by atoms with Crippen LogP contribution in [0.1, 0.15) is 18.9 Å². The van der Waals surface area contributed by atoms with Gasteiger partial charge >= 0.3 is 0 Å². The van der Waals surface area contributed by atoms with Crippen LogP contribution < -0.4 is 4.74 Å². The molecule has 2 rings (SSSR count). The molecule has 1 atom stereocenters. The van der Waals surface area contributed by atoms with E-state index in [0.29, 0.717) is 12.2 Å². The second-order valence-electron chi connectivity index (χ2n) is 4.33. The van der Waals surface area contributed by atoms with E-state index in [2.05, 4.69) is 0 Å². The summed E-state index contributed by atoms with van der Waals surface area (Å²) >= 11 is 0. The number of aliphatic hydroxyl groups is 1. The Hall–Kier alpha value is -1.07. The summed E-state index contributed by atoms with van der Waals surface area (Å²) in [5, 5.41) is 10.3. The summed E-state index contributed by atoms with van der Waals surface area (Å²) in [4.78, 5) is 0. The Balaban J connectivity index is 2.23. The fourth-order valence-corrected chi connectivity index (χ4v) is 3.92. The van der Waals surface area contributed by atoms with Crippen LogP contribution in [0.15, 0.2) is 24.3 Å². The molecule has 0 radical (unpaired) electrons. The van der Waals surface area contributed by atoms with Crippen LogP contribution in [0.25, 0.3) is 0 Å². The van der Waals surface area contributed by atoms with E-state index in [0.717, 1.165) is 5.75 Å². The SMILES string of the molecule is CCOc1ccc(C2(O)CCS(=O)(=O)C2)cc1. The van der Waals surface area contributed by atoms with Crippen LogP contribution >= 0.6 is 0 Å². The molecule has 1 saturated heterocycles. The van der Waals surface area contributed by atoms with Crippen LogP contribution in [0.4, 0.5) is 0 Å². The summed E-state index contributed by atoms with van der Waals surface area (Å²) in [6, 6.07) is 6.96. The quantitative estimate of drug-likeness (QED) is 0.879. The predicted molar refractivity (Wildman–Crippen MR) is 64.8 cm³/mol. The first kappa shape index (κ1) is 12.4. The molecule has 0 aromatic heterocycles. The lowest BCUT2D eigenvalue weighted by Crippen LogP contribution is -2.26. The second kappa shape index (κ2) is 4.31. The molecule has 1 aliphatic heterocycles. The number of rotatable bonds is 3. The van der Waals surface area contributed by atoms with E-state index in [-0.39, 0.29) is 17.9 Å². The average Bonchev–Trinajstić information content (AvgIpc) is 2.56. The van der Waals surface area contributed by atoms with Gasteiger partial charge in [-0.3, -0.25) is 0 Å². The molecule has 94 valence electrons. The van der Waals surface area contributed by atoms with Gasteiger partial charge < -0.3 is 9.84 Å². The summed E-state index contributed by atoms with van der Waals surface area (Å²) in [6.45, 7) is 2.48. The van der Waals surface area contributed by atoms with Crippen molar-refractivity contribution in [2.75, 3.05) is 18.1 Å². The van der Waals surface area contributed by atoms with Gasteiger partial charge in [-0.25, -0.2) is 8.42 Å². The molecule has 0 amide bonds. The van der Waals surface area contributed by atoms with Gasteiger partial charge in [0.1, 0.15) is 11.4 Å². The molecule has 1 aliphatic rings. The van der Waals surface area contributed by atoms with Gasteiger partial charge in [0, 0.05) is 0 Å². The molecular formula is C12H16O4S. The Kier molecular flexibility index (Phi) is 3.14. The third-order valence-corrected chi connectivity index (χ3v) is 4.73. The highest BCUT2D eigenvalue weighted by Crippen LogP contribution is 2.34. The zero-order valence-electron chi connectivity index (χ0n) is 9.72. The van der Waals surface area contributed by atoms with E-state index in [1.54, 1.807) is 24.3 Å². The van der Waals surface area contributed by atoms with E-state index < -0.39 is 15.4 Å². The monoisotopic (exact) mass is 256 g/mol. The summed E-state index contributed by atoms with van der Waals surface area (Å²) in [7, 11) is -3.10. The topological polar surface area (TPSA) is 63.6 Å². The number of ether oxygens (including phenoxy) is 1. The van der Waals surface area contributed by atoms with Gasteiger partial charge in [-0.15, -0.1) is 0 Å². The Morgan fingerprint density at radius 1 is 1.35 bits per heavy atom. The Morgan fingerprint density at radius 2 is 2.00 bits per heavy atom. The first-order valence-electron chi connectivity index (χ1n) is 5.61. The Bertz CT molecular complexity index is 492. The first-order chi connectivity index (χ1) is 7.95. The highest BCUT2D eigenvalue weighted by Gasteiger charge is 2.41. The maximum Gasteiger partial charge on any atom is 0.153 e. The number of hydrogen-bond acceptors (Lipinski definition) is 4. The summed E-state index contributed by atoms with van der Waals surface area (Å²) < 4.78 is 28.1. The van der Waals surface area contributed by atoms with Crippen molar-refractivity contribution in [3.8, 4) is 5.75 Å². The fourth-order valence-electron chi connectivity index (χ4n) is 2.09. The molecular weight excluding hydrogens is 240 g/mol. The van der Waals surface area contributed by atoms with Gasteiger partial charge in [0.05, 0.1) is 18.1 Å². The van der Waals surface area contributed by atoms with E-state index in [9.17, 15) is 13.5 Å². The molecule has 17 heavy (non-hydrogen) atoms. The van der Waals surface area contributed by atoms with Crippen LogP contribution in [0.5, 0.6) is 5.75 Å². The molecule has 1 N–H and O–H groups in total. The van der Waals surface area contributed by atoms with Crippen LogP contribution in [0.3, 0.4) is 0 Å². The molecule has 0 bridgehead atoms. The number of benzene rings is 1. The van der Waals surface area contributed by atoms with E-state index in [1.165, 1.54) is 0 Å². The lowest BCUT2D eigenvalue weighted by atomic mass is 9.93. The standard InChI is InChI=1S/C12H16O4S/c1-2-16-11-5-3-10(4-6-11)12(13)7-8-17(14,15)9-12/h3-6,13H,2,7-9H2,1H3. The first-order valence-corrected chi connectivity index (χ1v) is 7.43. The lowest BCUT2D eigenvalue weighted by Gasteiger charge is -2.21. The van der Waals surface area contributed by atoms with Gasteiger partial charge in [-0.05, 0) is 31.0 Å². The highest BCUT2D eigenvalue weighted by molar-refractivity contribution is 7.91. The van der Waals surface area contributed by atoms with Gasteiger partial charge in [0.25, 0.3) is 0 Å². The van der Waals surface area contributed by atoms with Gasteiger partial charge in [0.15, 0.2) is 9.84 Å². The summed E-state index contributed by atoms with van der Waals surface area (Å²) in [5.41, 5.74) is -0.592. The Labute approximate surface area is 101 Å². The van der Waals surface area contributed by atoms with Crippen LogP contribution in [0, 0.1) is 0 Å². The maximum absolute atomic E-state index is 11.4. The number of sulfone groups is 1. The normalized spacial score (nSPS) is 26.9. The maximum atomic E-state index is 11.4. The van der Waals surface area contributed by atoms with E-state index in [4.69, 9.17) is 4.74 Å². The Morgan fingerprint density at radius 3 is 2.47 bits per heavy atom. The molecule has 1 aromatic carbocycles.